The van der Waals surface area contributed by atoms with Crippen molar-refractivity contribution in [3.63, 3.8) is 0 Å². The first-order valence-corrected chi connectivity index (χ1v) is 7.78. The van der Waals surface area contributed by atoms with E-state index in [1.165, 1.54) is 5.56 Å². The second kappa shape index (κ2) is 7.94. The minimum atomic E-state index is -0.511. The number of esters is 1. The predicted octanol–water partition coefficient (Wildman–Crippen LogP) is 2.86. The summed E-state index contributed by atoms with van der Waals surface area (Å²) in [6, 6.07) is 7.73. The molecule has 0 aliphatic carbocycles. The molecular weight excluding hydrogens is 282 g/mol. The van der Waals surface area contributed by atoms with Crippen molar-refractivity contribution in [1.29, 1.82) is 0 Å². The van der Waals surface area contributed by atoms with Crippen molar-refractivity contribution < 1.29 is 19.1 Å². The first-order chi connectivity index (χ1) is 10.6. The van der Waals surface area contributed by atoms with E-state index in [-0.39, 0.29) is 12.5 Å². The lowest BCUT2D eigenvalue weighted by atomic mass is 9.99. The van der Waals surface area contributed by atoms with Crippen LogP contribution in [-0.4, -0.2) is 31.2 Å². The normalized spacial score (nSPS) is 18.7. The Morgan fingerprint density at radius 2 is 2.09 bits per heavy atom. The van der Waals surface area contributed by atoms with Crippen molar-refractivity contribution in [2.24, 2.45) is 0 Å². The molecule has 0 spiro atoms. The number of amides is 1. The predicted molar refractivity (Wildman–Crippen MR) is 83.7 cm³/mol. The van der Waals surface area contributed by atoms with Crippen LogP contribution < -0.4 is 5.32 Å². The fraction of sp³-hybridized carbons (Fsp3) is 0.529. The molecule has 1 aromatic carbocycles. The molecule has 5 heteroatoms. The van der Waals surface area contributed by atoms with Crippen LogP contribution in [0.3, 0.4) is 0 Å². The van der Waals surface area contributed by atoms with Gasteiger partial charge in [0, 0.05) is 12.3 Å². The highest BCUT2D eigenvalue weighted by molar-refractivity contribution is 5.93. The fourth-order valence-corrected chi connectivity index (χ4v) is 2.32. The van der Waals surface area contributed by atoms with Gasteiger partial charge >= 0.3 is 5.97 Å². The van der Waals surface area contributed by atoms with Crippen molar-refractivity contribution in [3.8, 4) is 0 Å². The topological polar surface area (TPSA) is 64.6 Å². The van der Waals surface area contributed by atoms with Crippen LogP contribution in [0.1, 0.15) is 44.6 Å². The van der Waals surface area contributed by atoms with E-state index in [2.05, 4.69) is 19.2 Å². The zero-order chi connectivity index (χ0) is 15.9. The van der Waals surface area contributed by atoms with Crippen molar-refractivity contribution in [3.05, 3.63) is 29.8 Å². The molecule has 1 fully saturated rings. The van der Waals surface area contributed by atoms with Gasteiger partial charge in [0.25, 0.3) is 5.91 Å². The molecule has 120 valence electrons. The molecule has 0 radical (unpaired) electrons. The number of carbonyl (C=O) groups excluding carboxylic acids is 2. The molecule has 1 aliphatic rings. The summed E-state index contributed by atoms with van der Waals surface area (Å²) in [5, 5.41) is 2.72. The SMILES string of the molecule is CC[C@H](C)c1ccc(NC(=O)COC(=O)[C@@H]2CCCO2)cc1. The van der Waals surface area contributed by atoms with Gasteiger partial charge in [-0.2, -0.15) is 0 Å². The van der Waals surface area contributed by atoms with Gasteiger partial charge in [-0.25, -0.2) is 4.79 Å². The summed E-state index contributed by atoms with van der Waals surface area (Å²) in [6.45, 7) is 4.60. The molecule has 2 rings (SSSR count). The Hall–Kier alpha value is -1.88. The minimum absolute atomic E-state index is 0.286. The van der Waals surface area contributed by atoms with Gasteiger partial charge in [-0.3, -0.25) is 4.79 Å². The van der Waals surface area contributed by atoms with Crippen molar-refractivity contribution in [2.75, 3.05) is 18.5 Å². The van der Waals surface area contributed by atoms with E-state index in [1.54, 1.807) is 0 Å². The Morgan fingerprint density at radius 3 is 2.68 bits per heavy atom. The largest absolute Gasteiger partial charge is 0.454 e. The molecule has 1 N–H and O–H groups in total. The first-order valence-electron chi connectivity index (χ1n) is 7.78. The maximum atomic E-state index is 11.8. The maximum Gasteiger partial charge on any atom is 0.335 e. The summed E-state index contributed by atoms with van der Waals surface area (Å²) in [6.07, 6.45) is 2.08. The lowest BCUT2D eigenvalue weighted by molar-refractivity contribution is -0.156. The first kappa shape index (κ1) is 16.5. The number of nitrogens with one attached hydrogen (secondary N) is 1. The Morgan fingerprint density at radius 1 is 1.36 bits per heavy atom. The second-order valence-corrected chi connectivity index (χ2v) is 5.59. The molecule has 5 nitrogen and oxygen atoms in total. The van der Waals surface area contributed by atoms with Crippen LogP contribution in [0.5, 0.6) is 0 Å². The quantitative estimate of drug-likeness (QED) is 0.821. The van der Waals surface area contributed by atoms with Crippen LogP contribution in [0.4, 0.5) is 5.69 Å². The highest BCUT2D eigenvalue weighted by Crippen LogP contribution is 2.20. The van der Waals surface area contributed by atoms with E-state index >= 15 is 0 Å². The molecule has 0 saturated carbocycles. The van der Waals surface area contributed by atoms with E-state index < -0.39 is 12.1 Å². The van der Waals surface area contributed by atoms with Crippen LogP contribution in [-0.2, 0) is 19.1 Å². The van der Waals surface area contributed by atoms with E-state index in [0.29, 0.717) is 24.6 Å². The molecule has 1 heterocycles. The molecule has 22 heavy (non-hydrogen) atoms. The lowest BCUT2D eigenvalue weighted by Gasteiger charge is -2.11. The van der Waals surface area contributed by atoms with Gasteiger partial charge in [-0.05, 0) is 42.9 Å². The summed E-state index contributed by atoms with van der Waals surface area (Å²) in [5.41, 5.74) is 1.94. The zero-order valence-electron chi connectivity index (χ0n) is 13.1. The standard InChI is InChI=1S/C17H23NO4/c1-3-12(2)13-6-8-14(9-7-13)18-16(19)11-22-17(20)15-5-4-10-21-15/h6-9,12,15H,3-5,10-11H2,1-2H3,(H,18,19)/t12-,15-/m0/s1. The third-order valence-electron chi connectivity index (χ3n) is 3.91. The van der Waals surface area contributed by atoms with Gasteiger partial charge < -0.3 is 14.8 Å². The number of carbonyl (C=O) groups is 2. The van der Waals surface area contributed by atoms with Crippen molar-refractivity contribution >= 4 is 17.6 Å². The smallest absolute Gasteiger partial charge is 0.335 e. The van der Waals surface area contributed by atoms with Gasteiger partial charge in [-0.15, -0.1) is 0 Å². The third-order valence-corrected chi connectivity index (χ3v) is 3.91. The Labute approximate surface area is 131 Å². The second-order valence-electron chi connectivity index (χ2n) is 5.59. The fourth-order valence-electron chi connectivity index (χ4n) is 2.32. The maximum absolute atomic E-state index is 11.8. The zero-order valence-corrected chi connectivity index (χ0v) is 13.1. The minimum Gasteiger partial charge on any atom is -0.454 e. The molecule has 0 bridgehead atoms. The van der Waals surface area contributed by atoms with Crippen molar-refractivity contribution in [2.45, 2.75) is 45.1 Å². The Kier molecular flexibility index (Phi) is 5.95. The summed E-state index contributed by atoms with van der Waals surface area (Å²) in [7, 11) is 0. The number of rotatable bonds is 6. The van der Waals surface area contributed by atoms with Crippen LogP contribution in [0, 0.1) is 0 Å². The number of hydrogen-bond donors (Lipinski definition) is 1. The molecule has 1 aromatic rings. The monoisotopic (exact) mass is 305 g/mol. The third kappa shape index (κ3) is 4.56. The van der Waals surface area contributed by atoms with Crippen LogP contribution in [0.25, 0.3) is 0 Å². The van der Waals surface area contributed by atoms with Crippen LogP contribution >= 0.6 is 0 Å². The molecule has 1 aliphatic heterocycles. The summed E-state index contributed by atoms with van der Waals surface area (Å²) < 4.78 is 10.2. The number of anilines is 1. The van der Waals surface area contributed by atoms with Gasteiger partial charge in [0.2, 0.25) is 0 Å². The number of hydrogen-bond acceptors (Lipinski definition) is 4. The molecule has 1 amide bonds. The summed E-state index contributed by atoms with van der Waals surface area (Å²) in [4.78, 5) is 23.4. The lowest BCUT2D eigenvalue weighted by Crippen LogP contribution is -2.27. The highest BCUT2D eigenvalue weighted by Gasteiger charge is 2.25. The van der Waals surface area contributed by atoms with E-state index in [0.717, 1.165) is 12.8 Å². The average molecular weight is 305 g/mol. The van der Waals surface area contributed by atoms with E-state index in [4.69, 9.17) is 9.47 Å². The van der Waals surface area contributed by atoms with E-state index in [9.17, 15) is 9.59 Å². The van der Waals surface area contributed by atoms with Gasteiger partial charge in [0.1, 0.15) is 0 Å². The Balaban J connectivity index is 1.77. The molecule has 1 saturated heterocycles. The van der Waals surface area contributed by atoms with E-state index in [1.807, 2.05) is 24.3 Å². The summed E-state index contributed by atoms with van der Waals surface area (Å²) in [5.74, 6) is -0.306. The molecular formula is C17H23NO4. The highest BCUT2D eigenvalue weighted by atomic mass is 16.6. The average Bonchev–Trinajstić information content (AvgIpc) is 3.07. The van der Waals surface area contributed by atoms with Crippen LogP contribution in [0.15, 0.2) is 24.3 Å². The van der Waals surface area contributed by atoms with Crippen molar-refractivity contribution in [1.82, 2.24) is 0 Å². The van der Waals surface area contributed by atoms with Crippen LogP contribution in [0.2, 0.25) is 0 Å². The molecule has 2 atom stereocenters. The summed E-state index contributed by atoms with van der Waals surface area (Å²) >= 11 is 0. The molecule has 0 aromatic heterocycles. The van der Waals surface area contributed by atoms with Gasteiger partial charge in [-0.1, -0.05) is 26.0 Å². The van der Waals surface area contributed by atoms with Gasteiger partial charge in [0.15, 0.2) is 12.7 Å². The van der Waals surface area contributed by atoms with Gasteiger partial charge in [0.05, 0.1) is 0 Å². The number of benzene rings is 1. The molecule has 0 unspecified atom stereocenters. The number of ether oxygens (including phenoxy) is 2. The Bertz CT molecular complexity index is 506.